The first-order valence-electron chi connectivity index (χ1n) is 6.37. The summed E-state index contributed by atoms with van der Waals surface area (Å²) >= 11 is 5.97. The maximum absolute atomic E-state index is 5.97. The molecule has 0 spiro atoms. The molecule has 0 bridgehead atoms. The minimum Gasteiger partial charge on any atom is -0.326 e. The van der Waals surface area contributed by atoms with E-state index in [0.29, 0.717) is 5.88 Å². The third-order valence-electron chi connectivity index (χ3n) is 3.28. The van der Waals surface area contributed by atoms with Gasteiger partial charge >= 0.3 is 0 Å². The van der Waals surface area contributed by atoms with E-state index < -0.39 is 0 Å². The summed E-state index contributed by atoms with van der Waals surface area (Å²) in [5.74, 6) is 1.36. The van der Waals surface area contributed by atoms with Gasteiger partial charge in [-0.1, -0.05) is 13.8 Å². The van der Waals surface area contributed by atoms with Gasteiger partial charge in [0.15, 0.2) is 0 Å². The zero-order chi connectivity index (χ0) is 13.0. The highest BCUT2D eigenvalue weighted by Gasteiger charge is 2.10. The monoisotopic (exact) mass is 266 g/mol. The van der Waals surface area contributed by atoms with E-state index in [9.17, 15) is 0 Å². The van der Waals surface area contributed by atoms with Gasteiger partial charge in [-0.05, 0) is 19.2 Å². The van der Waals surface area contributed by atoms with Crippen LogP contribution >= 0.6 is 11.6 Å². The lowest BCUT2D eigenvalue weighted by molar-refractivity contribution is 0.291. The van der Waals surface area contributed by atoms with Gasteiger partial charge in [0.1, 0.15) is 11.3 Å². The van der Waals surface area contributed by atoms with Crippen molar-refractivity contribution in [2.75, 3.05) is 19.6 Å². The van der Waals surface area contributed by atoms with Crippen LogP contribution in [0, 0.1) is 0 Å². The Balaban J connectivity index is 2.25. The standard InChI is InChI=1S/C13H19ClN4/c1-3-17(4-2)7-8-18-12-5-6-15-10-11(12)16-13(18)9-14/h5-6,10H,3-4,7-9H2,1-2H3. The van der Waals surface area contributed by atoms with Crippen molar-refractivity contribution in [3.63, 3.8) is 0 Å². The second kappa shape index (κ2) is 6.16. The van der Waals surface area contributed by atoms with Crippen molar-refractivity contribution < 1.29 is 0 Å². The summed E-state index contributed by atoms with van der Waals surface area (Å²) < 4.78 is 2.20. The number of halogens is 1. The van der Waals surface area contributed by atoms with E-state index in [4.69, 9.17) is 11.6 Å². The molecular formula is C13H19ClN4. The molecule has 0 aliphatic rings. The molecule has 5 heteroatoms. The smallest absolute Gasteiger partial charge is 0.124 e. The average molecular weight is 267 g/mol. The van der Waals surface area contributed by atoms with Gasteiger partial charge in [0, 0.05) is 19.3 Å². The predicted molar refractivity (Wildman–Crippen MR) is 74.9 cm³/mol. The Bertz CT molecular complexity index is 505. The first-order chi connectivity index (χ1) is 8.80. The normalized spacial score (nSPS) is 11.6. The highest BCUT2D eigenvalue weighted by Crippen LogP contribution is 2.16. The summed E-state index contributed by atoms with van der Waals surface area (Å²) in [6, 6.07) is 2.00. The highest BCUT2D eigenvalue weighted by atomic mass is 35.5. The molecule has 4 nitrogen and oxygen atoms in total. The van der Waals surface area contributed by atoms with Crippen molar-refractivity contribution in [1.29, 1.82) is 0 Å². The fraction of sp³-hybridized carbons (Fsp3) is 0.538. The molecule has 0 saturated heterocycles. The fourth-order valence-electron chi connectivity index (χ4n) is 2.16. The van der Waals surface area contributed by atoms with Crippen molar-refractivity contribution in [1.82, 2.24) is 19.4 Å². The molecule has 2 aromatic rings. The highest BCUT2D eigenvalue weighted by molar-refractivity contribution is 6.16. The van der Waals surface area contributed by atoms with Crippen LogP contribution in [0.4, 0.5) is 0 Å². The van der Waals surface area contributed by atoms with Gasteiger partial charge in [0.2, 0.25) is 0 Å². The quantitative estimate of drug-likeness (QED) is 0.754. The molecule has 98 valence electrons. The van der Waals surface area contributed by atoms with Crippen LogP contribution in [0.3, 0.4) is 0 Å². The molecule has 0 saturated carbocycles. The molecule has 0 N–H and O–H groups in total. The van der Waals surface area contributed by atoms with Gasteiger partial charge in [-0.2, -0.15) is 0 Å². The number of hydrogen-bond acceptors (Lipinski definition) is 3. The molecule has 0 unspecified atom stereocenters. The molecule has 0 aliphatic heterocycles. The summed E-state index contributed by atoms with van der Waals surface area (Å²) in [6.45, 7) is 8.44. The van der Waals surface area contributed by atoms with E-state index in [0.717, 1.165) is 43.0 Å². The number of nitrogens with zero attached hydrogens (tertiary/aromatic N) is 4. The van der Waals surface area contributed by atoms with Gasteiger partial charge in [0.05, 0.1) is 17.6 Å². The SMILES string of the molecule is CCN(CC)CCn1c(CCl)nc2cnccc21. The molecule has 0 amide bonds. The van der Waals surface area contributed by atoms with Crippen molar-refractivity contribution in [3.8, 4) is 0 Å². The third kappa shape index (κ3) is 2.65. The van der Waals surface area contributed by atoms with Crippen LogP contribution in [0.2, 0.25) is 0 Å². The zero-order valence-corrected chi connectivity index (χ0v) is 11.7. The summed E-state index contributed by atoms with van der Waals surface area (Å²) in [6.07, 6.45) is 3.59. The van der Waals surface area contributed by atoms with Crippen LogP contribution in [-0.2, 0) is 12.4 Å². The first-order valence-corrected chi connectivity index (χ1v) is 6.91. The van der Waals surface area contributed by atoms with Crippen LogP contribution in [0.25, 0.3) is 11.0 Å². The largest absolute Gasteiger partial charge is 0.326 e. The molecule has 0 radical (unpaired) electrons. The number of fused-ring (bicyclic) bond motifs is 1. The first kappa shape index (κ1) is 13.3. The van der Waals surface area contributed by atoms with Gasteiger partial charge < -0.3 is 9.47 Å². The summed E-state index contributed by atoms with van der Waals surface area (Å²) in [5, 5.41) is 0. The summed E-state index contributed by atoms with van der Waals surface area (Å²) in [7, 11) is 0. The number of hydrogen-bond donors (Lipinski definition) is 0. The lowest BCUT2D eigenvalue weighted by Crippen LogP contribution is -2.27. The third-order valence-corrected chi connectivity index (χ3v) is 3.52. The Morgan fingerprint density at radius 2 is 2.11 bits per heavy atom. The minimum absolute atomic E-state index is 0.437. The van der Waals surface area contributed by atoms with E-state index in [-0.39, 0.29) is 0 Å². The van der Waals surface area contributed by atoms with E-state index in [1.165, 1.54) is 0 Å². The molecule has 2 rings (SSSR count). The molecule has 0 aromatic carbocycles. The van der Waals surface area contributed by atoms with Crippen LogP contribution in [-0.4, -0.2) is 39.1 Å². The van der Waals surface area contributed by atoms with Gasteiger partial charge in [-0.3, -0.25) is 4.98 Å². The molecule has 2 heterocycles. The molecule has 0 aliphatic carbocycles. The minimum atomic E-state index is 0.437. The maximum atomic E-state index is 5.97. The molecule has 0 fully saturated rings. The van der Waals surface area contributed by atoms with Crippen molar-refractivity contribution in [2.45, 2.75) is 26.3 Å². The van der Waals surface area contributed by atoms with E-state index in [2.05, 4.69) is 33.3 Å². The number of aromatic nitrogens is 3. The summed E-state index contributed by atoms with van der Waals surface area (Å²) in [5.41, 5.74) is 2.04. The number of imidazole rings is 1. The zero-order valence-electron chi connectivity index (χ0n) is 10.9. The Morgan fingerprint density at radius 1 is 1.33 bits per heavy atom. The number of pyridine rings is 1. The molecular weight excluding hydrogens is 248 g/mol. The van der Waals surface area contributed by atoms with Gasteiger partial charge in [0.25, 0.3) is 0 Å². The predicted octanol–water partition coefficient (Wildman–Crippen LogP) is 2.51. The Kier molecular flexibility index (Phi) is 4.55. The van der Waals surface area contributed by atoms with Crippen LogP contribution in [0.1, 0.15) is 19.7 Å². The van der Waals surface area contributed by atoms with Crippen LogP contribution < -0.4 is 0 Å². The van der Waals surface area contributed by atoms with E-state index >= 15 is 0 Å². The second-order valence-electron chi connectivity index (χ2n) is 4.20. The Morgan fingerprint density at radius 3 is 2.78 bits per heavy atom. The van der Waals surface area contributed by atoms with Gasteiger partial charge in [-0.15, -0.1) is 11.6 Å². The Labute approximate surface area is 113 Å². The maximum Gasteiger partial charge on any atom is 0.124 e. The number of alkyl halides is 1. The number of likely N-dealkylation sites (N-methyl/N-ethyl adjacent to an activating group) is 1. The van der Waals surface area contributed by atoms with Crippen molar-refractivity contribution in [2.24, 2.45) is 0 Å². The van der Waals surface area contributed by atoms with E-state index in [1.807, 2.05) is 6.07 Å². The van der Waals surface area contributed by atoms with Crippen LogP contribution in [0.15, 0.2) is 18.5 Å². The molecule has 0 atom stereocenters. The second-order valence-corrected chi connectivity index (χ2v) is 4.47. The Hall–Kier alpha value is -1.13. The van der Waals surface area contributed by atoms with E-state index in [1.54, 1.807) is 12.4 Å². The van der Waals surface area contributed by atoms with Crippen LogP contribution in [0.5, 0.6) is 0 Å². The molecule has 2 aromatic heterocycles. The number of rotatable bonds is 6. The van der Waals surface area contributed by atoms with Crippen molar-refractivity contribution in [3.05, 3.63) is 24.3 Å². The fourth-order valence-corrected chi connectivity index (χ4v) is 2.37. The summed E-state index contributed by atoms with van der Waals surface area (Å²) in [4.78, 5) is 11.0. The van der Waals surface area contributed by atoms with Gasteiger partial charge in [-0.25, -0.2) is 4.98 Å². The lowest BCUT2D eigenvalue weighted by Gasteiger charge is -2.19. The van der Waals surface area contributed by atoms with Crippen molar-refractivity contribution >= 4 is 22.6 Å². The average Bonchev–Trinajstić information content (AvgIpc) is 2.78. The topological polar surface area (TPSA) is 34.0 Å². The molecule has 18 heavy (non-hydrogen) atoms. The lowest BCUT2D eigenvalue weighted by atomic mass is 10.4.